The zero-order valence-electron chi connectivity index (χ0n) is 18.6. The highest BCUT2D eigenvalue weighted by molar-refractivity contribution is 6.30. The number of hydrogen-bond acceptors (Lipinski definition) is 4. The summed E-state index contributed by atoms with van der Waals surface area (Å²) in [5.41, 5.74) is 10.4. The number of carbonyl (C=O) groups excluding carboxylic acids is 1. The summed E-state index contributed by atoms with van der Waals surface area (Å²) in [7, 11) is 0. The van der Waals surface area contributed by atoms with Crippen LogP contribution in [0.1, 0.15) is 0 Å². The van der Waals surface area contributed by atoms with E-state index >= 15 is 0 Å². The number of urea groups is 1. The molecule has 0 atom stereocenters. The molecule has 3 N–H and O–H groups in total. The first-order valence-corrected chi connectivity index (χ1v) is 11.5. The van der Waals surface area contributed by atoms with Gasteiger partial charge in [-0.25, -0.2) is 9.48 Å². The van der Waals surface area contributed by atoms with Gasteiger partial charge in [0, 0.05) is 42.5 Å². The second-order valence-corrected chi connectivity index (χ2v) is 8.54. The van der Waals surface area contributed by atoms with E-state index in [2.05, 4.69) is 22.3 Å². The van der Waals surface area contributed by atoms with Crippen molar-refractivity contribution >= 4 is 34.8 Å². The van der Waals surface area contributed by atoms with Crippen LogP contribution in [0.3, 0.4) is 0 Å². The van der Waals surface area contributed by atoms with Gasteiger partial charge in [-0.2, -0.15) is 5.10 Å². The number of halogens is 1. The van der Waals surface area contributed by atoms with Gasteiger partial charge in [-0.3, -0.25) is 0 Å². The van der Waals surface area contributed by atoms with E-state index in [9.17, 15) is 4.79 Å². The number of carbonyl (C=O) groups is 1. The zero-order valence-corrected chi connectivity index (χ0v) is 19.3. The standard InChI is InChI=1S/C26H25ClN6O/c27-20-13-11-19(12-14-20)23-24(25(28)33(30-23)22-9-5-2-6-10-22)29-26(34)32-17-15-31(16-18-32)21-7-3-1-4-8-21/h1-14H,15-18,28H2,(H,29,34). The first-order valence-electron chi connectivity index (χ1n) is 11.2. The molecular weight excluding hydrogens is 448 g/mol. The molecule has 4 aromatic rings. The summed E-state index contributed by atoms with van der Waals surface area (Å²) in [5, 5.41) is 8.40. The molecule has 1 saturated heterocycles. The SMILES string of the molecule is Nc1c(NC(=O)N2CCN(c3ccccc3)CC2)c(-c2ccc(Cl)cc2)nn1-c1ccccc1. The van der Waals surface area contributed by atoms with Crippen LogP contribution in [-0.4, -0.2) is 46.9 Å². The Labute approximate surface area is 203 Å². The van der Waals surface area contributed by atoms with Gasteiger partial charge in [0.05, 0.1) is 5.69 Å². The average Bonchev–Trinajstić information content (AvgIpc) is 3.21. The average molecular weight is 473 g/mol. The minimum atomic E-state index is -0.192. The van der Waals surface area contributed by atoms with Gasteiger partial charge in [0.1, 0.15) is 11.4 Å². The van der Waals surface area contributed by atoms with E-state index in [1.807, 2.05) is 65.6 Å². The van der Waals surface area contributed by atoms with E-state index in [0.717, 1.165) is 24.3 Å². The number of amides is 2. The fourth-order valence-electron chi connectivity index (χ4n) is 4.12. The van der Waals surface area contributed by atoms with E-state index in [0.29, 0.717) is 35.3 Å². The molecule has 2 amide bonds. The number of nitrogens with two attached hydrogens (primary N) is 1. The largest absolute Gasteiger partial charge is 0.382 e. The van der Waals surface area contributed by atoms with Crippen LogP contribution in [0.4, 0.5) is 22.0 Å². The van der Waals surface area contributed by atoms with Crippen molar-refractivity contribution in [3.63, 3.8) is 0 Å². The second-order valence-electron chi connectivity index (χ2n) is 8.10. The Kier molecular flexibility index (Phi) is 6.10. The van der Waals surface area contributed by atoms with Gasteiger partial charge in [0.15, 0.2) is 5.82 Å². The zero-order chi connectivity index (χ0) is 23.5. The molecule has 0 saturated carbocycles. The number of piperazine rings is 1. The van der Waals surface area contributed by atoms with Crippen molar-refractivity contribution in [3.05, 3.63) is 90.0 Å². The number of nitrogen functional groups attached to an aromatic ring is 1. The maximum absolute atomic E-state index is 13.2. The van der Waals surface area contributed by atoms with Crippen LogP contribution < -0.4 is 16.0 Å². The number of hydrogen-bond donors (Lipinski definition) is 2. The molecule has 8 heteroatoms. The quantitative estimate of drug-likeness (QED) is 0.431. The van der Waals surface area contributed by atoms with Crippen LogP contribution in [0.5, 0.6) is 0 Å². The molecule has 34 heavy (non-hydrogen) atoms. The van der Waals surface area contributed by atoms with Gasteiger partial charge in [-0.15, -0.1) is 0 Å². The summed E-state index contributed by atoms with van der Waals surface area (Å²) in [5.74, 6) is 0.368. The number of anilines is 3. The van der Waals surface area contributed by atoms with Gasteiger partial charge >= 0.3 is 6.03 Å². The third kappa shape index (κ3) is 4.43. The summed E-state index contributed by atoms with van der Waals surface area (Å²) in [6.07, 6.45) is 0. The number of nitrogens with zero attached hydrogens (tertiary/aromatic N) is 4. The molecular formula is C26H25ClN6O. The number of aromatic nitrogens is 2. The van der Waals surface area contributed by atoms with Crippen LogP contribution in [0, 0.1) is 0 Å². The number of nitrogens with one attached hydrogen (secondary N) is 1. The molecule has 1 fully saturated rings. The van der Waals surface area contributed by atoms with Gasteiger partial charge in [-0.1, -0.05) is 60.1 Å². The maximum atomic E-state index is 13.2. The van der Waals surface area contributed by atoms with E-state index in [1.165, 1.54) is 5.69 Å². The summed E-state index contributed by atoms with van der Waals surface area (Å²) >= 11 is 6.08. The lowest BCUT2D eigenvalue weighted by atomic mass is 10.1. The van der Waals surface area contributed by atoms with E-state index in [1.54, 1.807) is 16.8 Å². The van der Waals surface area contributed by atoms with Crippen LogP contribution in [0.25, 0.3) is 16.9 Å². The molecule has 1 aliphatic heterocycles. The first kappa shape index (κ1) is 21.9. The lowest BCUT2D eigenvalue weighted by molar-refractivity contribution is 0.208. The fraction of sp³-hybridized carbons (Fsp3) is 0.154. The molecule has 7 nitrogen and oxygen atoms in total. The summed E-state index contributed by atoms with van der Waals surface area (Å²) in [4.78, 5) is 17.3. The summed E-state index contributed by atoms with van der Waals surface area (Å²) in [6, 6.07) is 27.0. The van der Waals surface area contributed by atoms with Crippen LogP contribution >= 0.6 is 11.6 Å². The highest BCUT2D eigenvalue weighted by Gasteiger charge is 2.25. The third-order valence-corrected chi connectivity index (χ3v) is 6.21. The smallest absolute Gasteiger partial charge is 0.322 e. The monoisotopic (exact) mass is 472 g/mol. The number of para-hydroxylation sites is 2. The Morgan fingerprint density at radius 3 is 2.03 bits per heavy atom. The Morgan fingerprint density at radius 1 is 0.824 bits per heavy atom. The molecule has 1 aromatic heterocycles. The summed E-state index contributed by atoms with van der Waals surface area (Å²) < 4.78 is 1.65. The lowest BCUT2D eigenvalue weighted by Gasteiger charge is -2.36. The molecule has 0 radical (unpaired) electrons. The van der Waals surface area contributed by atoms with Gasteiger partial charge in [0.25, 0.3) is 0 Å². The van der Waals surface area contributed by atoms with Crippen molar-refractivity contribution in [3.8, 4) is 16.9 Å². The van der Waals surface area contributed by atoms with Gasteiger partial charge in [-0.05, 0) is 36.4 Å². The molecule has 0 spiro atoms. The lowest BCUT2D eigenvalue weighted by Crippen LogP contribution is -2.50. The minimum Gasteiger partial charge on any atom is -0.382 e. The first-order chi connectivity index (χ1) is 16.6. The second kappa shape index (κ2) is 9.49. The van der Waals surface area contributed by atoms with E-state index in [-0.39, 0.29) is 6.03 Å². The molecule has 3 aromatic carbocycles. The molecule has 1 aliphatic rings. The van der Waals surface area contributed by atoms with Crippen molar-refractivity contribution in [1.82, 2.24) is 14.7 Å². The Bertz CT molecular complexity index is 1270. The van der Waals surface area contributed by atoms with E-state index < -0.39 is 0 Å². The highest BCUT2D eigenvalue weighted by Crippen LogP contribution is 2.35. The molecule has 0 unspecified atom stereocenters. The van der Waals surface area contributed by atoms with Crippen molar-refractivity contribution in [2.24, 2.45) is 0 Å². The summed E-state index contributed by atoms with van der Waals surface area (Å²) in [6.45, 7) is 2.76. The maximum Gasteiger partial charge on any atom is 0.322 e. The Balaban J connectivity index is 1.40. The Hall–Kier alpha value is -3.97. The minimum absolute atomic E-state index is 0.192. The van der Waals surface area contributed by atoms with Gasteiger partial charge in [0.2, 0.25) is 0 Å². The molecule has 2 heterocycles. The van der Waals surface area contributed by atoms with Gasteiger partial charge < -0.3 is 20.9 Å². The molecule has 0 aliphatic carbocycles. The number of benzene rings is 3. The van der Waals surface area contributed by atoms with Crippen molar-refractivity contribution in [2.75, 3.05) is 42.1 Å². The van der Waals surface area contributed by atoms with Crippen molar-refractivity contribution in [1.29, 1.82) is 0 Å². The normalized spacial score (nSPS) is 13.7. The predicted octanol–water partition coefficient (Wildman–Crippen LogP) is 5.13. The van der Waals surface area contributed by atoms with Crippen LogP contribution in [0.2, 0.25) is 5.02 Å². The topological polar surface area (TPSA) is 79.4 Å². The Morgan fingerprint density at radius 2 is 1.41 bits per heavy atom. The molecule has 172 valence electrons. The highest BCUT2D eigenvalue weighted by atomic mass is 35.5. The predicted molar refractivity (Wildman–Crippen MR) is 138 cm³/mol. The van der Waals surface area contributed by atoms with Crippen molar-refractivity contribution in [2.45, 2.75) is 0 Å². The third-order valence-electron chi connectivity index (χ3n) is 5.96. The number of rotatable bonds is 4. The fourth-order valence-corrected chi connectivity index (χ4v) is 4.25. The van der Waals surface area contributed by atoms with E-state index in [4.69, 9.17) is 22.4 Å². The molecule has 5 rings (SSSR count). The van der Waals surface area contributed by atoms with Crippen LogP contribution in [0.15, 0.2) is 84.9 Å². The molecule has 0 bridgehead atoms. The van der Waals surface area contributed by atoms with Crippen LogP contribution in [-0.2, 0) is 0 Å². The van der Waals surface area contributed by atoms with Crippen molar-refractivity contribution < 1.29 is 4.79 Å².